The molecule has 3 aromatic carbocycles. The van der Waals surface area contributed by atoms with Gasteiger partial charge in [-0.1, -0.05) is 43.2 Å². The van der Waals surface area contributed by atoms with Crippen LogP contribution in [0, 0.1) is 3.57 Å². The van der Waals surface area contributed by atoms with Gasteiger partial charge in [0.2, 0.25) is 11.8 Å². The number of rotatable bonds is 11. The minimum absolute atomic E-state index is 0.0766. The molecule has 0 aliphatic heterocycles. The predicted octanol–water partition coefficient (Wildman–Crippen LogP) is 4.97. The molecule has 10 heteroatoms. The molecule has 0 unspecified atom stereocenters. The smallest absolute Gasteiger partial charge is 0.264 e. The highest BCUT2D eigenvalue weighted by Crippen LogP contribution is 2.26. The Labute approximate surface area is 249 Å². The van der Waals surface area contributed by atoms with E-state index in [0.29, 0.717) is 11.4 Å². The van der Waals surface area contributed by atoms with E-state index in [1.807, 2.05) is 12.1 Å². The molecule has 1 saturated carbocycles. The van der Waals surface area contributed by atoms with E-state index in [2.05, 4.69) is 27.9 Å². The maximum atomic E-state index is 14.0. The van der Waals surface area contributed by atoms with Gasteiger partial charge in [0.05, 0.1) is 17.7 Å². The summed E-state index contributed by atoms with van der Waals surface area (Å²) in [6.07, 6.45) is 3.96. The highest BCUT2D eigenvalue weighted by atomic mass is 127. The molecule has 0 aromatic heterocycles. The number of nitrogens with one attached hydrogen (secondary N) is 1. The molecular formula is C30H34IN3O5S. The highest BCUT2D eigenvalue weighted by molar-refractivity contribution is 14.1. The third kappa shape index (κ3) is 7.34. The number of halogens is 1. The summed E-state index contributed by atoms with van der Waals surface area (Å²) in [5.41, 5.74) is 1.13. The minimum Gasteiger partial charge on any atom is -0.497 e. The van der Waals surface area contributed by atoms with Crippen LogP contribution in [-0.2, 0) is 26.2 Å². The summed E-state index contributed by atoms with van der Waals surface area (Å²) in [6, 6.07) is 21.5. The quantitative estimate of drug-likeness (QED) is 0.290. The third-order valence-electron chi connectivity index (χ3n) is 7.08. The first-order valence-electron chi connectivity index (χ1n) is 13.2. The van der Waals surface area contributed by atoms with E-state index >= 15 is 0 Å². The molecular weight excluding hydrogens is 641 g/mol. The van der Waals surface area contributed by atoms with Gasteiger partial charge in [-0.05, 0) is 96.5 Å². The van der Waals surface area contributed by atoms with Gasteiger partial charge in [0, 0.05) is 16.2 Å². The Balaban J connectivity index is 1.68. The second kappa shape index (κ2) is 13.5. The van der Waals surface area contributed by atoms with E-state index in [1.165, 1.54) is 17.0 Å². The monoisotopic (exact) mass is 675 g/mol. The van der Waals surface area contributed by atoms with E-state index in [4.69, 9.17) is 4.74 Å². The van der Waals surface area contributed by atoms with Gasteiger partial charge < -0.3 is 15.0 Å². The van der Waals surface area contributed by atoms with Crippen LogP contribution in [0.1, 0.15) is 38.2 Å². The molecule has 0 heterocycles. The number of ether oxygens (including phenoxy) is 1. The van der Waals surface area contributed by atoms with Crippen LogP contribution in [0.3, 0.4) is 0 Å². The number of sulfonamides is 1. The number of methoxy groups -OCH3 is 1. The van der Waals surface area contributed by atoms with Gasteiger partial charge in [0.1, 0.15) is 18.3 Å². The first-order chi connectivity index (χ1) is 19.2. The van der Waals surface area contributed by atoms with Crippen molar-refractivity contribution in [2.24, 2.45) is 0 Å². The van der Waals surface area contributed by atoms with Crippen LogP contribution < -0.4 is 14.4 Å². The third-order valence-corrected chi connectivity index (χ3v) is 9.59. The lowest BCUT2D eigenvalue weighted by Gasteiger charge is -2.32. The molecule has 212 valence electrons. The molecule has 40 heavy (non-hydrogen) atoms. The maximum Gasteiger partial charge on any atom is 0.264 e. The topological polar surface area (TPSA) is 96.0 Å². The standard InChI is InChI=1S/C30H34IN3O5S/c1-22(30(36)32-25-10-6-7-11-25)33(20-23-9-8-12-27(19-23)39-2)29(35)21-34(26-17-15-24(31)16-18-26)40(37,38)28-13-4-3-5-14-28/h3-5,8-9,12-19,22,25H,6-7,10-11,20-21H2,1-2H3,(H,32,36)/t22-/m1/s1. The van der Waals surface area contributed by atoms with E-state index < -0.39 is 28.5 Å². The molecule has 1 fully saturated rings. The van der Waals surface area contributed by atoms with Crippen LogP contribution in [0.2, 0.25) is 0 Å². The van der Waals surface area contributed by atoms with Gasteiger partial charge in [-0.2, -0.15) is 0 Å². The SMILES string of the molecule is COc1cccc(CN(C(=O)CN(c2ccc(I)cc2)S(=O)(=O)c2ccccc2)[C@H](C)C(=O)NC2CCCC2)c1. The molecule has 0 saturated heterocycles. The number of amides is 2. The minimum atomic E-state index is -4.08. The maximum absolute atomic E-state index is 14.0. The van der Waals surface area contributed by atoms with E-state index in [0.717, 1.165) is 39.1 Å². The van der Waals surface area contributed by atoms with Gasteiger partial charge in [0.15, 0.2) is 0 Å². The average Bonchev–Trinajstić information content (AvgIpc) is 3.48. The molecule has 4 rings (SSSR count). The first-order valence-corrected chi connectivity index (χ1v) is 15.8. The largest absolute Gasteiger partial charge is 0.497 e. The van der Waals surface area contributed by atoms with E-state index in [9.17, 15) is 18.0 Å². The Morgan fingerprint density at radius 1 is 1.00 bits per heavy atom. The second-order valence-corrected chi connectivity index (χ2v) is 12.9. The molecule has 3 aromatic rings. The second-order valence-electron chi connectivity index (χ2n) is 9.84. The number of hydrogen-bond acceptors (Lipinski definition) is 5. The van der Waals surface area contributed by atoms with Crippen molar-refractivity contribution in [1.82, 2.24) is 10.2 Å². The first kappa shape index (κ1) is 29.9. The number of anilines is 1. The van der Waals surface area contributed by atoms with Crippen molar-refractivity contribution in [3.05, 3.63) is 88.0 Å². The predicted molar refractivity (Wildman–Crippen MR) is 164 cm³/mol. The van der Waals surface area contributed by atoms with Gasteiger partial charge in [-0.25, -0.2) is 8.42 Å². The van der Waals surface area contributed by atoms with Crippen molar-refractivity contribution in [2.75, 3.05) is 18.0 Å². The molecule has 0 spiro atoms. The van der Waals surface area contributed by atoms with Crippen molar-refractivity contribution >= 4 is 50.1 Å². The summed E-state index contributed by atoms with van der Waals surface area (Å²) < 4.78 is 35.0. The Hall–Kier alpha value is -3.12. The van der Waals surface area contributed by atoms with Crippen LogP contribution in [0.25, 0.3) is 0 Å². The van der Waals surface area contributed by atoms with Crippen molar-refractivity contribution in [2.45, 2.75) is 56.1 Å². The fourth-order valence-corrected chi connectivity index (χ4v) is 6.59. The number of hydrogen-bond donors (Lipinski definition) is 1. The molecule has 1 atom stereocenters. The van der Waals surface area contributed by atoms with Crippen molar-refractivity contribution in [3.8, 4) is 5.75 Å². The Bertz CT molecular complexity index is 1410. The molecule has 2 amide bonds. The zero-order chi connectivity index (χ0) is 28.7. The van der Waals surface area contributed by atoms with Gasteiger partial charge in [-0.3, -0.25) is 13.9 Å². The lowest BCUT2D eigenvalue weighted by Crippen LogP contribution is -2.52. The van der Waals surface area contributed by atoms with Crippen LogP contribution in [0.4, 0.5) is 5.69 Å². The summed E-state index contributed by atoms with van der Waals surface area (Å²) in [5, 5.41) is 3.08. The molecule has 0 bridgehead atoms. The van der Waals surface area contributed by atoms with Gasteiger partial charge in [0.25, 0.3) is 10.0 Å². The van der Waals surface area contributed by atoms with Crippen molar-refractivity contribution in [1.29, 1.82) is 0 Å². The number of carbonyl (C=O) groups excluding carboxylic acids is 2. The van der Waals surface area contributed by atoms with Crippen LogP contribution in [-0.4, -0.2) is 50.9 Å². The molecule has 1 aliphatic rings. The normalized spacial score (nSPS) is 14.4. The summed E-state index contributed by atoms with van der Waals surface area (Å²) in [7, 11) is -2.52. The summed E-state index contributed by atoms with van der Waals surface area (Å²) in [4.78, 5) is 28.8. The Morgan fingerprint density at radius 3 is 2.33 bits per heavy atom. The van der Waals surface area contributed by atoms with Gasteiger partial charge in [-0.15, -0.1) is 0 Å². The summed E-state index contributed by atoms with van der Waals surface area (Å²) in [5.74, 6) is -0.120. The summed E-state index contributed by atoms with van der Waals surface area (Å²) in [6.45, 7) is 1.33. The highest BCUT2D eigenvalue weighted by Gasteiger charge is 2.33. The molecule has 8 nitrogen and oxygen atoms in total. The van der Waals surface area contributed by atoms with Crippen LogP contribution >= 0.6 is 22.6 Å². The fraction of sp³-hybridized carbons (Fsp3) is 0.333. The van der Waals surface area contributed by atoms with E-state index in [-0.39, 0.29) is 23.4 Å². The van der Waals surface area contributed by atoms with Crippen molar-refractivity contribution in [3.63, 3.8) is 0 Å². The molecule has 1 N–H and O–H groups in total. The van der Waals surface area contributed by atoms with Crippen LogP contribution in [0.5, 0.6) is 5.75 Å². The average molecular weight is 676 g/mol. The fourth-order valence-electron chi connectivity index (χ4n) is 4.80. The van der Waals surface area contributed by atoms with Crippen molar-refractivity contribution < 1.29 is 22.7 Å². The van der Waals surface area contributed by atoms with Gasteiger partial charge >= 0.3 is 0 Å². The number of carbonyl (C=O) groups is 2. The van der Waals surface area contributed by atoms with Crippen LogP contribution in [0.15, 0.2) is 83.8 Å². The number of benzene rings is 3. The van der Waals surface area contributed by atoms with E-state index in [1.54, 1.807) is 68.6 Å². The zero-order valence-electron chi connectivity index (χ0n) is 22.6. The lowest BCUT2D eigenvalue weighted by atomic mass is 10.1. The zero-order valence-corrected chi connectivity index (χ0v) is 25.6. The number of nitrogens with zero attached hydrogens (tertiary/aromatic N) is 2. The Morgan fingerprint density at radius 2 is 1.68 bits per heavy atom. The lowest BCUT2D eigenvalue weighted by molar-refractivity contribution is -0.139. The molecule has 1 aliphatic carbocycles. The molecule has 0 radical (unpaired) electrons. The summed E-state index contributed by atoms with van der Waals surface area (Å²) >= 11 is 2.14. The Kier molecular flexibility index (Phi) is 10.1.